The van der Waals surface area contributed by atoms with Crippen LogP contribution in [-0.4, -0.2) is 11.8 Å². The summed E-state index contributed by atoms with van der Waals surface area (Å²) in [6, 6.07) is 5.13. The fourth-order valence-electron chi connectivity index (χ4n) is 2.95. The maximum atomic E-state index is 12.9. The highest BCUT2D eigenvalue weighted by molar-refractivity contribution is 6.05. The molecule has 0 saturated carbocycles. The Morgan fingerprint density at radius 3 is 2.10 bits per heavy atom. The van der Waals surface area contributed by atoms with Crippen LogP contribution < -0.4 is 10.6 Å². The van der Waals surface area contributed by atoms with E-state index in [2.05, 4.69) is 10.6 Å². The van der Waals surface area contributed by atoms with Crippen LogP contribution in [0.2, 0.25) is 0 Å². The van der Waals surface area contributed by atoms with Crippen LogP contribution in [-0.2, 0) is 23.6 Å². The van der Waals surface area contributed by atoms with E-state index in [1.165, 1.54) is 18.2 Å². The molecule has 10 heteroatoms. The van der Waals surface area contributed by atoms with E-state index in [9.17, 15) is 35.9 Å². The van der Waals surface area contributed by atoms with E-state index in [1.54, 1.807) is 0 Å². The van der Waals surface area contributed by atoms with E-state index in [0.717, 1.165) is 0 Å². The minimum Gasteiger partial charge on any atom is -0.326 e. The SMILES string of the molecule is O=C1CCCc2cc(C(=O)Nc3cc(C(F)(F)F)cc(C(F)(F)F)c3)ccc2N1. The topological polar surface area (TPSA) is 58.2 Å². The lowest BCUT2D eigenvalue weighted by Crippen LogP contribution is -2.16. The molecule has 0 bridgehead atoms. The van der Waals surface area contributed by atoms with Crippen LogP contribution in [0.3, 0.4) is 0 Å². The zero-order valence-electron chi connectivity index (χ0n) is 14.7. The van der Waals surface area contributed by atoms with E-state index in [4.69, 9.17) is 0 Å². The molecule has 0 fully saturated rings. The molecular formula is C19H14F6N2O2. The van der Waals surface area contributed by atoms with E-state index >= 15 is 0 Å². The third-order valence-electron chi connectivity index (χ3n) is 4.34. The summed E-state index contributed by atoms with van der Waals surface area (Å²) < 4.78 is 77.6. The van der Waals surface area contributed by atoms with E-state index in [0.29, 0.717) is 42.6 Å². The highest BCUT2D eigenvalue weighted by Crippen LogP contribution is 2.37. The average Bonchev–Trinajstić information content (AvgIpc) is 2.79. The number of nitrogens with one attached hydrogen (secondary N) is 2. The number of benzene rings is 2. The molecule has 1 heterocycles. The Hall–Kier alpha value is -3.04. The third kappa shape index (κ3) is 4.87. The van der Waals surface area contributed by atoms with Crippen molar-refractivity contribution in [1.29, 1.82) is 0 Å². The number of halogens is 6. The van der Waals surface area contributed by atoms with E-state index in [-0.39, 0.29) is 17.5 Å². The zero-order chi connectivity index (χ0) is 21.4. The molecule has 0 aliphatic carbocycles. The van der Waals surface area contributed by atoms with Crippen molar-refractivity contribution >= 4 is 23.2 Å². The Morgan fingerprint density at radius 2 is 1.52 bits per heavy atom. The summed E-state index contributed by atoms with van der Waals surface area (Å²) in [5, 5.41) is 4.75. The van der Waals surface area contributed by atoms with E-state index < -0.39 is 35.1 Å². The maximum Gasteiger partial charge on any atom is 0.416 e. The van der Waals surface area contributed by atoms with Crippen LogP contribution in [0.1, 0.15) is 39.9 Å². The largest absolute Gasteiger partial charge is 0.416 e. The Bertz CT molecular complexity index is 934. The predicted molar refractivity (Wildman–Crippen MR) is 92.4 cm³/mol. The number of aryl methyl sites for hydroxylation is 1. The molecule has 1 aliphatic rings. The highest BCUT2D eigenvalue weighted by Gasteiger charge is 2.37. The van der Waals surface area contributed by atoms with Crippen molar-refractivity contribution < 1.29 is 35.9 Å². The summed E-state index contributed by atoms with van der Waals surface area (Å²) in [6.45, 7) is 0. The molecule has 2 aromatic carbocycles. The number of alkyl halides is 6. The number of rotatable bonds is 2. The van der Waals surface area contributed by atoms with Crippen molar-refractivity contribution in [1.82, 2.24) is 0 Å². The average molecular weight is 416 g/mol. The minimum atomic E-state index is -5.01. The smallest absolute Gasteiger partial charge is 0.326 e. The van der Waals surface area contributed by atoms with Gasteiger partial charge in [-0.2, -0.15) is 26.3 Å². The first kappa shape index (κ1) is 20.7. The molecule has 154 valence electrons. The summed E-state index contributed by atoms with van der Waals surface area (Å²) in [6.07, 6.45) is -8.67. The molecule has 0 radical (unpaired) electrons. The maximum absolute atomic E-state index is 12.9. The number of anilines is 2. The van der Waals surface area contributed by atoms with Crippen molar-refractivity contribution in [3.05, 3.63) is 58.7 Å². The Balaban J connectivity index is 1.91. The van der Waals surface area contributed by atoms with Crippen LogP contribution in [0.4, 0.5) is 37.7 Å². The van der Waals surface area contributed by atoms with Gasteiger partial charge in [0.15, 0.2) is 0 Å². The number of hydrogen-bond donors (Lipinski definition) is 2. The fourth-order valence-corrected chi connectivity index (χ4v) is 2.95. The highest BCUT2D eigenvalue weighted by atomic mass is 19.4. The summed E-state index contributed by atoms with van der Waals surface area (Å²) >= 11 is 0. The van der Waals surface area contributed by atoms with Gasteiger partial charge in [0.1, 0.15) is 0 Å². The molecule has 0 saturated heterocycles. The number of carbonyl (C=O) groups is 2. The van der Waals surface area contributed by atoms with Gasteiger partial charge in [0.25, 0.3) is 5.91 Å². The van der Waals surface area contributed by atoms with Crippen molar-refractivity contribution in [2.45, 2.75) is 31.6 Å². The van der Waals surface area contributed by atoms with Crippen molar-refractivity contribution in [2.75, 3.05) is 10.6 Å². The van der Waals surface area contributed by atoms with Gasteiger partial charge < -0.3 is 10.6 Å². The van der Waals surface area contributed by atoms with Gasteiger partial charge in [-0.25, -0.2) is 0 Å². The first-order chi connectivity index (χ1) is 13.4. The minimum absolute atomic E-state index is 0.0132. The summed E-state index contributed by atoms with van der Waals surface area (Å²) in [7, 11) is 0. The number of fused-ring (bicyclic) bond motifs is 1. The first-order valence-electron chi connectivity index (χ1n) is 8.47. The molecule has 0 atom stereocenters. The molecule has 3 rings (SSSR count). The molecule has 29 heavy (non-hydrogen) atoms. The molecule has 2 N–H and O–H groups in total. The predicted octanol–water partition coefficient (Wildman–Crippen LogP) is 5.25. The van der Waals surface area contributed by atoms with Gasteiger partial charge >= 0.3 is 12.4 Å². The number of amides is 2. The van der Waals surface area contributed by atoms with Crippen molar-refractivity contribution in [3.63, 3.8) is 0 Å². The molecule has 4 nitrogen and oxygen atoms in total. The van der Waals surface area contributed by atoms with E-state index in [1.807, 2.05) is 0 Å². The lowest BCUT2D eigenvalue weighted by molar-refractivity contribution is -0.143. The Morgan fingerprint density at radius 1 is 0.897 bits per heavy atom. The monoisotopic (exact) mass is 416 g/mol. The van der Waals surface area contributed by atoms with Gasteiger partial charge in [-0.1, -0.05) is 0 Å². The second kappa shape index (κ2) is 7.41. The number of hydrogen-bond acceptors (Lipinski definition) is 2. The van der Waals surface area contributed by atoms with Crippen LogP contribution in [0.5, 0.6) is 0 Å². The van der Waals surface area contributed by atoms with Crippen molar-refractivity contribution in [2.24, 2.45) is 0 Å². The summed E-state index contributed by atoms with van der Waals surface area (Å²) in [5.74, 6) is -1.04. The fraction of sp³-hybridized carbons (Fsp3) is 0.263. The van der Waals surface area contributed by atoms with Gasteiger partial charge in [-0.15, -0.1) is 0 Å². The number of carbonyl (C=O) groups excluding carboxylic acids is 2. The molecule has 1 aliphatic heterocycles. The Labute approximate surface area is 160 Å². The normalized spacial score (nSPS) is 14.6. The second-order valence-corrected chi connectivity index (χ2v) is 6.52. The van der Waals surface area contributed by atoms with Gasteiger partial charge in [-0.05, 0) is 54.8 Å². The lowest BCUT2D eigenvalue weighted by atomic mass is 10.0. The molecular weight excluding hydrogens is 402 g/mol. The molecule has 2 amide bonds. The van der Waals surface area contributed by atoms with Crippen LogP contribution in [0.15, 0.2) is 36.4 Å². The molecule has 0 aromatic heterocycles. The van der Waals surface area contributed by atoms with Crippen LogP contribution >= 0.6 is 0 Å². The van der Waals surface area contributed by atoms with Gasteiger partial charge in [-0.3, -0.25) is 9.59 Å². The molecule has 0 unspecified atom stereocenters. The lowest BCUT2D eigenvalue weighted by Gasteiger charge is -2.15. The zero-order valence-corrected chi connectivity index (χ0v) is 14.7. The van der Waals surface area contributed by atoms with Crippen LogP contribution in [0, 0.1) is 0 Å². The standard InChI is InChI=1S/C19H14F6N2O2/c20-18(21,22)12-7-13(19(23,24)25)9-14(8-12)26-17(29)11-4-5-15-10(6-11)2-1-3-16(28)27-15/h4-9H,1-3H2,(H,26,29)(H,27,28). The quantitative estimate of drug-likeness (QED) is 0.657. The van der Waals surface area contributed by atoms with Gasteiger partial charge in [0.2, 0.25) is 5.91 Å². The Kier molecular flexibility index (Phi) is 5.29. The summed E-state index contributed by atoms with van der Waals surface area (Å²) in [5.41, 5.74) is -2.45. The molecule has 0 spiro atoms. The van der Waals surface area contributed by atoms with Crippen LogP contribution in [0.25, 0.3) is 0 Å². The van der Waals surface area contributed by atoms with Crippen molar-refractivity contribution in [3.8, 4) is 0 Å². The summed E-state index contributed by atoms with van der Waals surface area (Å²) in [4.78, 5) is 24.0. The molecule has 2 aromatic rings. The van der Waals surface area contributed by atoms with Gasteiger partial charge in [0.05, 0.1) is 11.1 Å². The second-order valence-electron chi connectivity index (χ2n) is 6.52. The van der Waals surface area contributed by atoms with Gasteiger partial charge in [0, 0.05) is 23.4 Å². The first-order valence-corrected chi connectivity index (χ1v) is 8.47. The third-order valence-corrected chi connectivity index (χ3v) is 4.34.